The number of carbonyl (C=O) groups is 1. The summed E-state index contributed by atoms with van der Waals surface area (Å²) >= 11 is 2.15. The van der Waals surface area contributed by atoms with E-state index in [4.69, 9.17) is 5.84 Å². The van der Waals surface area contributed by atoms with E-state index in [-0.39, 0.29) is 5.91 Å². The lowest BCUT2D eigenvalue weighted by Crippen LogP contribution is -2.30. The van der Waals surface area contributed by atoms with Gasteiger partial charge in [0.25, 0.3) is 5.91 Å². The maximum Gasteiger partial charge on any atom is 0.265 e. The van der Waals surface area contributed by atoms with Gasteiger partial charge in [0.2, 0.25) is 0 Å². The highest BCUT2D eigenvalue weighted by molar-refractivity contribution is 14.1. The number of halogens is 1. The molecule has 0 fully saturated rings. The molecule has 0 spiro atoms. The Kier molecular flexibility index (Phi) is 3.05. The van der Waals surface area contributed by atoms with Crippen molar-refractivity contribution in [3.8, 4) is 0 Å². The fourth-order valence-electron chi connectivity index (χ4n) is 0.917. The zero-order valence-corrected chi connectivity index (χ0v) is 8.75. The molecule has 0 saturated heterocycles. The third-order valence-electron chi connectivity index (χ3n) is 1.58. The van der Waals surface area contributed by atoms with Gasteiger partial charge in [0, 0.05) is 9.13 Å². The molecule has 1 aromatic carbocycles. The Morgan fingerprint density at radius 1 is 1.58 bits per heavy atom. The van der Waals surface area contributed by atoms with Crippen molar-refractivity contribution in [1.29, 1.82) is 0 Å². The predicted molar refractivity (Wildman–Crippen MR) is 55.5 cm³/mol. The van der Waals surface area contributed by atoms with Crippen LogP contribution in [0, 0.1) is 10.5 Å². The Hall–Kier alpha value is -0.620. The maximum atomic E-state index is 11.1. The molecule has 3 nitrogen and oxygen atoms in total. The normalized spacial score (nSPS) is 9.58. The maximum absolute atomic E-state index is 11.1. The minimum absolute atomic E-state index is 0.244. The molecular weight excluding hydrogens is 267 g/mol. The third-order valence-corrected chi connectivity index (χ3v) is 2.25. The smallest absolute Gasteiger partial charge is 0.265 e. The number of aryl methyl sites for hydroxylation is 1. The van der Waals surface area contributed by atoms with Gasteiger partial charge < -0.3 is 0 Å². The largest absolute Gasteiger partial charge is 0.290 e. The number of hydrazine groups is 1. The summed E-state index contributed by atoms with van der Waals surface area (Å²) in [5.74, 6) is 4.78. The van der Waals surface area contributed by atoms with E-state index in [1.807, 2.05) is 19.1 Å². The van der Waals surface area contributed by atoms with Crippen LogP contribution in [0.4, 0.5) is 0 Å². The van der Waals surface area contributed by atoms with Crippen molar-refractivity contribution >= 4 is 28.5 Å². The summed E-state index contributed by atoms with van der Waals surface area (Å²) < 4.78 is 1.02. The monoisotopic (exact) mass is 276 g/mol. The van der Waals surface area contributed by atoms with E-state index < -0.39 is 0 Å². The van der Waals surface area contributed by atoms with Crippen LogP contribution in [0.2, 0.25) is 0 Å². The van der Waals surface area contributed by atoms with Crippen LogP contribution in [0.25, 0.3) is 0 Å². The molecule has 1 aromatic rings. The Bertz CT molecular complexity index is 312. The molecule has 0 aliphatic rings. The van der Waals surface area contributed by atoms with Gasteiger partial charge in [0.1, 0.15) is 0 Å². The van der Waals surface area contributed by atoms with Crippen LogP contribution in [-0.2, 0) is 0 Å². The highest BCUT2D eigenvalue weighted by Gasteiger charge is 2.06. The van der Waals surface area contributed by atoms with Crippen LogP contribution >= 0.6 is 22.6 Å². The fraction of sp³-hybridized carbons (Fsp3) is 0.125. The lowest BCUT2D eigenvalue weighted by molar-refractivity contribution is 0.0953. The predicted octanol–water partition coefficient (Wildman–Crippen LogP) is 1.20. The summed E-state index contributed by atoms with van der Waals surface area (Å²) in [6, 6.07) is 5.65. The van der Waals surface area contributed by atoms with Gasteiger partial charge in [-0.2, -0.15) is 0 Å². The van der Waals surface area contributed by atoms with Crippen molar-refractivity contribution < 1.29 is 4.79 Å². The fourth-order valence-corrected chi connectivity index (χ4v) is 1.41. The SMILES string of the molecule is Cc1ccc(I)cc1C(=O)NN. The third kappa shape index (κ3) is 1.95. The van der Waals surface area contributed by atoms with Crippen molar-refractivity contribution in [2.45, 2.75) is 6.92 Å². The zero-order chi connectivity index (χ0) is 9.14. The summed E-state index contributed by atoms with van der Waals surface area (Å²) in [6.07, 6.45) is 0. The van der Waals surface area contributed by atoms with Gasteiger partial charge in [-0.3, -0.25) is 10.2 Å². The lowest BCUT2D eigenvalue weighted by atomic mass is 10.1. The number of hydrogen-bond acceptors (Lipinski definition) is 2. The highest BCUT2D eigenvalue weighted by atomic mass is 127. The molecule has 64 valence electrons. The molecule has 0 atom stereocenters. The van der Waals surface area contributed by atoms with Gasteiger partial charge in [0.15, 0.2) is 0 Å². The number of benzene rings is 1. The first-order chi connectivity index (χ1) is 5.65. The first-order valence-electron chi connectivity index (χ1n) is 3.42. The average Bonchev–Trinajstić information content (AvgIpc) is 2.08. The van der Waals surface area contributed by atoms with Crippen molar-refractivity contribution in [2.24, 2.45) is 5.84 Å². The summed E-state index contributed by atoms with van der Waals surface area (Å²) in [5.41, 5.74) is 3.67. The minimum Gasteiger partial charge on any atom is -0.290 e. The van der Waals surface area contributed by atoms with Crippen molar-refractivity contribution in [1.82, 2.24) is 5.43 Å². The number of rotatable bonds is 1. The zero-order valence-electron chi connectivity index (χ0n) is 6.60. The second-order valence-electron chi connectivity index (χ2n) is 2.43. The van der Waals surface area contributed by atoms with Crippen molar-refractivity contribution in [2.75, 3.05) is 0 Å². The summed E-state index contributed by atoms with van der Waals surface area (Å²) in [7, 11) is 0. The standard InChI is InChI=1S/C8H9IN2O/c1-5-2-3-6(9)4-7(5)8(12)11-10/h2-4H,10H2,1H3,(H,11,12). The Balaban J connectivity index is 3.13. The Morgan fingerprint density at radius 3 is 2.83 bits per heavy atom. The van der Waals surface area contributed by atoms with Crippen LogP contribution in [0.5, 0.6) is 0 Å². The first kappa shape index (κ1) is 9.47. The topological polar surface area (TPSA) is 55.1 Å². The summed E-state index contributed by atoms with van der Waals surface area (Å²) in [4.78, 5) is 11.1. The van der Waals surface area contributed by atoms with E-state index in [1.54, 1.807) is 6.07 Å². The van der Waals surface area contributed by atoms with E-state index in [2.05, 4.69) is 28.0 Å². The number of nitrogen functional groups attached to an aromatic ring is 1. The van der Waals surface area contributed by atoms with Gasteiger partial charge in [-0.05, 0) is 47.2 Å². The Labute approximate surface area is 84.4 Å². The van der Waals surface area contributed by atoms with Crippen LogP contribution in [-0.4, -0.2) is 5.91 Å². The number of carbonyl (C=O) groups excluding carboxylic acids is 1. The number of nitrogens with two attached hydrogens (primary N) is 1. The van der Waals surface area contributed by atoms with Crippen LogP contribution < -0.4 is 11.3 Å². The second-order valence-corrected chi connectivity index (χ2v) is 3.68. The molecule has 0 radical (unpaired) electrons. The molecule has 0 aromatic heterocycles. The molecule has 1 rings (SSSR count). The molecular formula is C8H9IN2O. The minimum atomic E-state index is -0.244. The van der Waals surface area contributed by atoms with Crippen LogP contribution in [0.1, 0.15) is 15.9 Å². The molecule has 3 N–H and O–H groups in total. The summed E-state index contributed by atoms with van der Waals surface area (Å²) in [6.45, 7) is 1.88. The molecule has 0 heterocycles. The molecule has 0 aliphatic heterocycles. The molecule has 12 heavy (non-hydrogen) atoms. The molecule has 0 bridgehead atoms. The van der Waals surface area contributed by atoms with Crippen LogP contribution in [0.15, 0.2) is 18.2 Å². The van der Waals surface area contributed by atoms with Gasteiger partial charge in [-0.15, -0.1) is 0 Å². The van der Waals surface area contributed by atoms with E-state index in [9.17, 15) is 4.79 Å². The Morgan fingerprint density at radius 2 is 2.25 bits per heavy atom. The highest BCUT2D eigenvalue weighted by Crippen LogP contribution is 2.12. The number of hydrogen-bond donors (Lipinski definition) is 2. The van der Waals surface area contributed by atoms with Crippen molar-refractivity contribution in [3.05, 3.63) is 32.9 Å². The van der Waals surface area contributed by atoms with E-state index in [1.165, 1.54) is 0 Å². The van der Waals surface area contributed by atoms with Gasteiger partial charge >= 0.3 is 0 Å². The summed E-state index contributed by atoms with van der Waals surface area (Å²) in [5, 5.41) is 0. The number of amides is 1. The van der Waals surface area contributed by atoms with Gasteiger partial charge in [-0.1, -0.05) is 6.07 Å². The van der Waals surface area contributed by atoms with E-state index >= 15 is 0 Å². The molecule has 0 aliphatic carbocycles. The number of nitrogens with one attached hydrogen (secondary N) is 1. The lowest BCUT2D eigenvalue weighted by Gasteiger charge is -2.03. The van der Waals surface area contributed by atoms with Crippen molar-refractivity contribution in [3.63, 3.8) is 0 Å². The quantitative estimate of drug-likeness (QED) is 0.350. The first-order valence-corrected chi connectivity index (χ1v) is 4.50. The molecule has 1 amide bonds. The van der Waals surface area contributed by atoms with Gasteiger partial charge in [-0.25, -0.2) is 5.84 Å². The average molecular weight is 276 g/mol. The van der Waals surface area contributed by atoms with E-state index in [0.717, 1.165) is 9.13 Å². The molecule has 0 unspecified atom stereocenters. The second kappa shape index (κ2) is 3.86. The molecule has 0 saturated carbocycles. The van der Waals surface area contributed by atoms with Crippen LogP contribution in [0.3, 0.4) is 0 Å². The molecule has 4 heteroatoms. The van der Waals surface area contributed by atoms with E-state index in [0.29, 0.717) is 5.56 Å². The van der Waals surface area contributed by atoms with Gasteiger partial charge in [0.05, 0.1) is 0 Å².